The number of carbonyl (C=O) groups is 1. The van der Waals surface area contributed by atoms with E-state index in [1.807, 2.05) is 0 Å². The summed E-state index contributed by atoms with van der Waals surface area (Å²) >= 11 is 0. The van der Waals surface area contributed by atoms with Crippen LogP contribution in [0, 0.1) is 11.8 Å². The van der Waals surface area contributed by atoms with Crippen LogP contribution >= 0.6 is 0 Å². The fourth-order valence-corrected chi connectivity index (χ4v) is 3.85. The summed E-state index contributed by atoms with van der Waals surface area (Å²) in [5, 5.41) is 0. The fourth-order valence-electron chi connectivity index (χ4n) is 3.85. The SMILES string of the molecule is O=C(OCC1CCCC2CC2O1)C1CCCC2OC2C1. The van der Waals surface area contributed by atoms with Gasteiger partial charge in [0.1, 0.15) is 6.61 Å². The molecule has 2 saturated heterocycles. The van der Waals surface area contributed by atoms with Gasteiger partial charge in [-0.3, -0.25) is 4.79 Å². The second-order valence-electron chi connectivity index (χ2n) is 6.93. The third-order valence-corrected chi connectivity index (χ3v) is 5.32. The molecule has 4 rings (SSSR count). The Labute approximate surface area is 120 Å². The zero-order chi connectivity index (χ0) is 13.5. The van der Waals surface area contributed by atoms with Gasteiger partial charge < -0.3 is 14.2 Å². The van der Waals surface area contributed by atoms with Crippen LogP contribution in [0.2, 0.25) is 0 Å². The average Bonchev–Trinajstić information content (AvgIpc) is 3.26. The average molecular weight is 280 g/mol. The molecule has 2 aliphatic heterocycles. The molecule has 0 radical (unpaired) electrons. The molecule has 4 aliphatic rings. The summed E-state index contributed by atoms with van der Waals surface area (Å²) in [5.74, 6) is 0.815. The van der Waals surface area contributed by atoms with Gasteiger partial charge in [0.25, 0.3) is 0 Å². The highest BCUT2D eigenvalue weighted by atomic mass is 16.6. The van der Waals surface area contributed by atoms with Gasteiger partial charge in [0.05, 0.1) is 30.3 Å². The number of ether oxygens (including phenoxy) is 3. The lowest BCUT2D eigenvalue weighted by molar-refractivity contribution is -0.154. The van der Waals surface area contributed by atoms with Gasteiger partial charge in [-0.2, -0.15) is 0 Å². The molecule has 4 nitrogen and oxygen atoms in total. The van der Waals surface area contributed by atoms with E-state index in [1.54, 1.807) is 0 Å². The first-order chi connectivity index (χ1) is 9.79. The maximum atomic E-state index is 12.2. The minimum Gasteiger partial charge on any atom is -0.463 e. The van der Waals surface area contributed by atoms with E-state index in [4.69, 9.17) is 14.2 Å². The van der Waals surface area contributed by atoms with Crippen LogP contribution in [-0.4, -0.2) is 37.0 Å². The molecular formula is C16H24O4. The van der Waals surface area contributed by atoms with E-state index >= 15 is 0 Å². The second-order valence-corrected chi connectivity index (χ2v) is 6.93. The molecule has 6 atom stereocenters. The Morgan fingerprint density at radius 2 is 1.85 bits per heavy atom. The third-order valence-electron chi connectivity index (χ3n) is 5.32. The van der Waals surface area contributed by atoms with E-state index < -0.39 is 0 Å². The molecule has 2 saturated carbocycles. The van der Waals surface area contributed by atoms with Crippen molar-refractivity contribution in [3.05, 3.63) is 0 Å². The van der Waals surface area contributed by atoms with E-state index in [1.165, 1.54) is 19.3 Å². The van der Waals surface area contributed by atoms with Gasteiger partial charge in [-0.05, 0) is 50.9 Å². The maximum Gasteiger partial charge on any atom is 0.309 e. The summed E-state index contributed by atoms with van der Waals surface area (Å²) in [6.45, 7) is 0.452. The van der Waals surface area contributed by atoms with Crippen molar-refractivity contribution in [3.63, 3.8) is 0 Å². The van der Waals surface area contributed by atoms with E-state index in [2.05, 4.69) is 0 Å². The molecule has 2 aliphatic carbocycles. The molecule has 4 heteroatoms. The molecule has 0 aromatic carbocycles. The number of fused-ring (bicyclic) bond motifs is 2. The van der Waals surface area contributed by atoms with E-state index in [-0.39, 0.29) is 18.0 Å². The molecule has 20 heavy (non-hydrogen) atoms. The normalized spacial score (nSPS) is 46.4. The Morgan fingerprint density at radius 1 is 0.950 bits per heavy atom. The Morgan fingerprint density at radius 3 is 2.80 bits per heavy atom. The number of hydrogen-bond acceptors (Lipinski definition) is 4. The Hall–Kier alpha value is -0.610. The number of hydrogen-bond donors (Lipinski definition) is 0. The summed E-state index contributed by atoms with van der Waals surface area (Å²) in [6, 6.07) is 0. The van der Waals surface area contributed by atoms with Gasteiger partial charge in [-0.25, -0.2) is 0 Å². The van der Waals surface area contributed by atoms with Crippen molar-refractivity contribution in [1.82, 2.24) is 0 Å². The summed E-state index contributed by atoms with van der Waals surface area (Å²) in [7, 11) is 0. The minimum absolute atomic E-state index is 0.0265. The molecule has 0 spiro atoms. The van der Waals surface area contributed by atoms with E-state index in [0.29, 0.717) is 24.9 Å². The third kappa shape index (κ3) is 2.86. The van der Waals surface area contributed by atoms with E-state index in [9.17, 15) is 4.79 Å². The van der Waals surface area contributed by atoms with Gasteiger partial charge in [0, 0.05) is 0 Å². The molecule has 0 aromatic heterocycles. The molecule has 0 aromatic rings. The Balaban J connectivity index is 1.24. The van der Waals surface area contributed by atoms with Gasteiger partial charge in [-0.1, -0.05) is 6.42 Å². The lowest BCUT2D eigenvalue weighted by Gasteiger charge is -2.19. The van der Waals surface area contributed by atoms with Crippen LogP contribution in [0.5, 0.6) is 0 Å². The largest absolute Gasteiger partial charge is 0.463 e. The standard InChI is InChI=1S/C16H24O4/c17-16(11-4-2-6-13-15(8-11)20-13)18-9-12-5-1-3-10-7-14(10)19-12/h10-15H,1-9H2. The number of esters is 1. The molecule has 4 fully saturated rings. The van der Waals surface area contributed by atoms with Gasteiger partial charge in [0.15, 0.2) is 0 Å². The van der Waals surface area contributed by atoms with Crippen molar-refractivity contribution < 1.29 is 19.0 Å². The van der Waals surface area contributed by atoms with Gasteiger partial charge in [-0.15, -0.1) is 0 Å². The Kier molecular flexibility index (Phi) is 3.47. The zero-order valence-electron chi connectivity index (χ0n) is 12.0. The summed E-state index contributed by atoms with van der Waals surface area (Å²) in [6.07, 6.45) is 10.1. The monoisotopic (exact) mass is 280 g/mol. The van der Waals surface area contributed by atoms with Crippen molar-refractivity contribution in [2.75, 3.05) is 6.61 Å². The quantitative estimate of drug-likeness (QED) is 0.588. The first kappa shape index (κ1) is 13.1. The molecule has 2 heterocycles. The van der Waals surface area contributed by atoms with Crippen LogP contribution in [0.1, 0.15) is 51.4 Å². The van der Waals surface area contributed by atoms with Crippen molar-refractivity contribution in [2.45, 2.75) is 75.8 Å². The molecule has 0 bridgehead atoms. The van der Waals surface area contributed by atoms with Crippen molar-refractivity contribution in [2.24, 2.45) is 11.8 Å². The predicted molar refractivity (Wildman–Crippen MR) is 72.2 cm³/mol. The highest BCUT2D eigenvalue weighted by Crippen LogP contribution is 2.42. The summed E-state index contributed by atoms with van der Waals surface area (Å²) < 4.78 is 17.1. The lowest BCUT2D eigenvalue weighted by Crippen LogP contribution is -2.26. The molecule has 6 unspecified atom stereocenters. The number of carbonyl (C=O) groups excluding carboxylic acids is 1. The molecule has 112 valence electrons. The Bertz CT molecular complexity index is 383. The van der Waals surface area contributed by atoms with E-state index in [0.717, 1.165) is 38.0 Å². The lowest BCUT2D eigenvalue weighted by atomic mass is 10.0. The highest BCUT2D eigenvalue weighted by molar-refractivity contribution is 5.72. The summed E-state index contributed by atoms with van der Waals surface area (Å²) in [4.78, 5) is 12.2. The first-order valence-corrected chi connectivity index (χ1v) is 8.27. The van der Waals surface area contributed by atoms with Crippen LogP contribution in [0.25, 0.3) is 0 Å². The van der Waals surface area contributed by atoms with Gasteiger partial charge >= 0.3 is 5.97 Å². The van der Waals surface area contributed by atoms with Crippen LogP contribution in [0.3, 0.4) is 0 Å². The van der Waals surface area contributed by atoms with Crippen LogP contribution in [0.15, 0.2) is 0 Å². The number of epoxide rings is 1. The van der Waals surface area contributed by atoms with Crippen molar-refractivity contribution in [1.29, 1.82) is 0 Å². The predicted octanol–water partition coefficient (Wildman–Crippen LogP) is 2.44. The van der Waals surface area contributed by atoms with Crippen molar-refractivity contribution >= 4 is 5.97 Å². The van der Waals surface area contributed by atoms with Crippen LogP contribution in [0.4, 0.5) is 0 Å². The molecule has 0 amide bonds. The fraction of sp³-hybridized carbons (Fsp3) is 0.938. The smallest absolute Gasteiger partial charge is 0.309 e. The van der Waals surface area contributed by atoms with Crippen LogP contribution < -0.4 is 0 Å². The van der Waals surface area contributed by atoms with Crippen molar-refractivity contribution in [3.8, 4) is 0 Å². The minimum atomic E-state index is -0.0265. The second kappa shape index (κ2) is 5.30. The summed E-state index contributed by atoms with van der Waals surface area (Å²) in [5.41, 5.74) is 0. The van der Waals surface area contributed by atoms with Gasteiger partial charge in [0.2, 0.25) is 0 Å². The number of rotatable bonds is 3. The zero-order valence-corrected chi connectivity index (χ0v) is 12.0. The molecular weight excluding hydrogens is 256 g/mol. The maximum absolute atomic E-state index is 12.2. The topological polar surface area (TPSA) is 48.1 Å². The molecule has 0 N–H and O–H groups in total. The van der Waals surface area contributed by atoms with Crippen LogP contribution in [-0.2, 0) is 19.0 Å². The first-order valence-electron chi connectivity index (χ1n) is 8.27. The highest BCUT2D eigenvalue weighted by Gasteiger charge is 2.44.